The van der Waals surface area contributed by atoms with E-state index < -0.39 is 0 Å². The van der Waals surface area contributed by atoms with Gasteiger partial charge in [-0.1, -0.05) is 0 Å². The van der Waals surface area contributed by atoms with Crippen molar-refractivity contribution in [2.24, 2.45) is 0 Å². The molecule has 1 aromatic carbocycles. The van der Waals surface area contributed by atoms with E-state index in [2.05, 4.69) is 18.7 Å². The molecule has 1 saturated heterocycles. The molecule has 0 spiro atoms. The Balaban J connectivity index is 1.99. The molecule has 0 radical (unpaired) electrons. The van der Waals surface area contributed by atoms with Crippen LogP contribution in [0.1, 0.15) is 25.0 Å². The Morgan fingerprint density at radius 3 is 2.59 bits per heavy atom. The van der Waals surface area contributed by atoms with E-state index in [4.69, 9.17) is 9.15 Å². The van der Waals surface area contributed by atoms with E-state index in [1.165, 1.54) is 6.07 Å². The molecule has 2 aromatic rings. The molecular formula is C17H21NO4. The van der Waals surface area contributed by atoms with E-state index in [1.807, 2.05) is 0 Å². The highest BCUT2D eigenvalue weighted by Gasteiger charge is 2.23. The van der Waals surface area contributed by atoms with Crippen molar-refractivity contribution >= 4 is 11.0 Å². The van der Waals surface area contributed by atoms with Gasteiger partial charge in [0.2, 0.25) is 0 Å². The number of phenolic OH excluding ortho intramolecular Hbond substituents is 1. The predicted octanol–water partition coefficient (Wildman–Crippen LogP) is 2.42. The van der Waals surface area contributed by atoms with Gasteiger partial charge in [0, 0.05) is 31.1 Å². The van der Waals surface area contributed by atoms with Crippen LogP contribution in [0.3, 0.4) is 0 Å². The van der Waals surface area contributed by atoms with Gasteiger partial charge in [0.25, 0.3) is 0 Å². The Bertz CT molecular complexity index is 742. The lowest BCUT2D eigenvalue weighted by molar-refractivity contribution is -0.0704. The van der Waals surface area contributed by atoms with E-state index >= 15 is 0 Å². The van der Waals surface area contributed by atoms with Crippen LogP contribution in [0.5, 0.6) is 5.75 Å². The molecule has 5 heteroatoms. The lowest BCUT2D eigenvalue weighted by atomic mass is 10.1. The molecule has 0 unspecified atom stereocenters. The summed E-state index contributed by atoms with van der Waals surface area (Å²) < 4.78 is 11.0. The molecule has 5 nitrogen and oxygen atoms in total. The smallest absolute Gasteiger partial charge is 0.336 e. The number of hydrogen-bond acceptors (Lipinski definition) is 5. The van der Waals surface area contributed by atoms with Gasteiger partial charge in [-0.15, -0.1) is 0 Å². The number of nitrogens with zero attached hydrogens (tertiary/aromatic N) is 1. The zero-order valence-corrected chi connectivity index (χ0v) is 13.1. The molecule has 1 N–H and O–H groups in total. The third kappa shape index (κ3) is 3.00. The lowest BCUT2D eigenvalue weighted by Crippen LogP contribution is -2.44. The quantitative estimate of drug-likeness (QED) is 0.863. The third-order valence-electron chi connectivity index (χ3n) is 4.04. The van der Waals surface area contributed by atoms with Gasteiger partial charge in [-0.25, -0.2) is 4.79 Å². The maximum Gasteiger partial charge on any atom is 0.336 e. The first-order valence-corrected chi connectivity index (χ1v) is 7.56. The van der Waals surface area contributed by atoms with Crippen LogP contribution in [0.2, 0.25) is 0 Å². The minimum absolute atomic E-state index is 0.172. The van der Waals surface area contributed by atoms with E-state index in [0.717, 1.165) is 24.0 Å². The molecule has 2 atom stereocenters. The van der Waals surface area contributed by atoms with Crippen molar-refractivity contribution in [3.05, 3.63) is 39.7 Å². The average molecular weight is 303 g/mol. The molecule has 0 amide bonds. The summed E-state index contributed by atoms with van der Waals surface area (Å²) in [6.07, 6.45) is 0.344. The van der Waals surface area contributed by atoms with Crippen molar-refractivity contribution in [1.29, 1.82) is 0 Å². The topological polar surface area (TPSA) is 62.9 Å². The van der Waals surface area contributed by atoms with Crippen molar-refractivity contribution < 1.29 is 14.3 Å². The van der Waals surface area contributed by atoms with Gasteiger partial charge in [-0.05, 0) is 44.0 Å². The monoisotopic (exact) mass is 303 g/mol. The second-order valence-corrected chi connectivity index (χ2v) is 6.18. The molecule has 0 aliphatic carbocycles. The summed E-state index contributed by atoms with van der Waals surface area (Å²) in [5, 5.41) is 10.7. The predicted molar refractivity (Wildman–Crippen MR) is 84.2 cm³/mol. The Labute approximate surface area is 129 Å². The number of rotatable bonds is 2. The zero-order valence-electron chi connectivity index (χ0n) is 13.1. The molecule has 0 saturated carbocycles. The van der Waals surface area contributed by atoms with Crippen LogP contribution in [0.25, 0.3) is 11.0 Å². The number of morpholine rings is 1. The number of fused-ring (bicyclic) bond motifs is 1. The van der Waals surface area contributed by atoms with Crippen molar-refractivity contribution in [1.82, 2.24) is 4.90 Å². The van der Waals surface area contributed by atoms with Gasteiger partial charge in [0.15, 0.2) is 0 Å². The van der Waals surface area contributed by atoms with Crippen LogP contribution in [0.4, 0.5) is 0 Å². The summed E-state index contributed by atoms with van der Waals surface area (Å²) in [4.78, 5) is 14.1. The highest BCUT2D eigenvalue weighted by molar-refractivity contribution is 5.82. The summed E-state index contributed by atoms with van der Waals surface area (Å²) in [5.41, 5.74) is 1.73. The van der Waals surface area contributed by atoms with Crippen LogP contribution in [0.15, 0.2) is 27.4 Å². The van der Waals surface area contributed by atoms with Gasteiger partial charge < -0.3 is 14.3 Å². The number of aryl methyl sites for hydroxylation is 1. The Morgan fingerprint density at radius 2 is 1.91 bits per heavy atom. The molecule has 22 heavy (non-hydrogen) atoms. The van der Waals surface area contributed by atoms with Gasteiger partial charge in [0.1, 0.15) is 11.3 Å². The number of hydrogen-bond donors (Lipinski definition) is 1. The van der Waals surface area contributed by atoms with E-state index in [1.54, 1.807) is 19.1 Å². The second kappa shape index (κ2) is 5.74. The molecule has 1 aliphatic rings. The SMILES string of the molecule is Cc1cc2oc(=O)cc(CN3C[C@@H](C)O[C@H](C)C3)c2cc1O. The summed E-state index contributed by atoms with van der Waals surface area (Å²) in [6, 6.07) is 4.90. The first kappa shape index (κ1) is 15.1. The van der Waals surface area contributed by atoms with Crippen LogP contribution in [0, 0.1) is 6.92 Å². The van der Waals surface area contributed by atoms with Gasteiger partial charge in [-0.2, -0.15) is 0 Å². The minimum atomic E-state index is -0.359. The lowest BCUT2D eigenvalue weighted by Gasteiger charge is -2.35. The normalized spacial score (nSPS) is 23.0. The van der Waals surface area contributed by atoms with Crippen molar-refractivity contribution in [3.8, 4) is 5.75 Å². The van der Waals surface area contributed by atoms with Crippen molar-refractivity contribution in [2.75, 3.05) is 13.1 Å². The number of ether oxygens (including phenoxy) is 1. The summed E-state index contributed by atoms with van der Waals surface area (Å²) in [6.45, 7) is 8.17. The first-order chi connectivity index (χ1) is 10.4. The second-order valence-electron chi connectivity index (χ2n) is 6.18. The third-order valence-corrected chi connectivity index (χ3v) is 4.04. The Hall–Kier alpha value is -1.85. The first-order valence-electron chi connectivity index (χ1n) is 7.56. The summed E-state index contributed by atoms with van der Waals surface area (Å²) in [7, 11) is 0. The van der Waals surface area contributed by atoms with Gasteiger partial charge in [-0.3, -0.25) is 4.90 Å². The standard InChI is InChI=1S/C17H21NO4/c1-10-4-16-14(6-15(10)19)13(5-17(20)22-16)9-18-7-11(2)21-12(3)8-18/h4-6,11-12,19H,7-9H2,1-3H3/t11-,12-/m1/s1. The highest BCUT2D eigenvalue weighted by Crippen LogP contribution is 2.27. The largest absolute Gasteiger partial charge is 0.508 e. The average Bonchev–Trinajstić information content (AvgIpc) is 2.39. The fourth-order valence-corrected chi connectivity index (χ4v) is 3.15. The fourth-order valence-electron chi connectivity index (χ4n) is 3.15. The summed E-state index contributed by atoms with van der Waals surface area (Å²) >= 11 is 0. The molecule has 118 valence electrons. The molecule has 3 rings (SSSR count). The van der Waals surface area contributed by atoms with Gasteiger partial charge in [0.05, 0.1) is 12.2 Å². The molecule has 1 fully saturated rings. The van der Waals surface area contributed by atoms with E-state index in [-0.39, 0.29) is 23.6 Å². The van der Waals surface area contributed by atoms with Crippen LogP contribution >= 0.6 is 0 Å². The number of aromatic hydroxyl groups is 1. The van der Waals surface area contributed by atoms with Crippen molar-refractivity contribution in [3.63, 3.8) is 0 Å². The van der Waals surface area contributed by atoms with Crippen LogP contribution in [-0.2, 0) is 11.3 Å². The highest BCUT2D eigenvalue weighted by atomic mass is 16.5. The van der Waals surface area contributed by atoms with Crippen LogP contribution < -0.4 is 5.63 Å². The molecule has 1 aliphatic heterocycles. The molecule has 0 bridgehead atoms. The molecule has 1 aromatic heterocycles. The van der Waals surface area contributed by atoms with Crippen molar-refractivity contribution in [2.45, 2.75) is 39.5 Å². The van der Waals surface area contributed by atoms with E-state index in [9.17, 15) is 9.90 Å². The van der Waals surface area contributed by atoms with Gasteiger partial charge >= 0.3 is 5.63 Å². The molecule has 2 heterocycles. The Kier molecular flexibility index (Phi) is 3.93. The number of benzene rings is 1. The number of phenols is 1. The maximum absolute atomic E-state index is 11.8. The van der Waals surface area contributed by atoms with Crippen LogP contribution in [-0.4, -0.2) is 35.3 Å². The Morgan fingerprint density at radius 1 is 1.23 bits per heavy atom. The fraction of sp³-hybridized carbons (Fsp3) is 0.471. The van der Waals surface area contributed by atoms with E-state index in [0.29, 0.717) is 17.7 Å². The maximum atomic E-state index is 11.8. The zero-order chi connectivity index (χ0) is 15.9. The molecular weight excluding hydrogens is 282 g/mol. The minimum Gasteiger partial charge on any atom is -0.508 e. The summed E-state index contributed by atoms with van der Waals surface area (Å²) in [5.74, 6) is 0.214.